The summed E-state index contributed by atoms with van der Waals surface area (Å²) in [5, 5.41) is 3.56. The maximum atomic E-state index is 13.6. The van der Waals surface area contributed by atoms with Crippen LogP contribution in [0.15, 0.2) is 102 Å². The third-order valence-electron chi connectivity index (χ3n) is 5.32. The minimum Gasteiger partial charge on any atom is -0.254 e. The molecule has 4 aromatic rings. The maximum absolute atomic E-state index is 13.6. The second-order valence-electron chi connectivity index (χ2n) is 7.72. The van der Waals surface area contributed by atoms with Crippen LogP contribution >= 0.6 is 7.05 Å². The Labute approximate surface area is 178 Å². The van der Waals surface area contributed by atoms with E-state index in [1.807, 2.05) is 0 Å². The minimum atomic E-state index is -2.35. The lowest BCUT2D eigenvalue weighted by atomic mass is 10.2. The molecule has 0 heterocycles. The molecule has 150 valence electrons. The van der Waals surface area contributed by atoms with Crippen LogP contribution in [0.3, 0.4) is 0 Å². The standard InChI is InChI=1S/C27H25FNP/c1-20-4-14-25(15-5-20)30(26-16-6-21(2)7-17-26,27-18-8-22(3)9-19-27)29-24-12-10-23(28)11-13-24/h4-19H,1-3H3. The van der Waals surface area contributed by atoms with Gasteiger partial charge < -0.3 is 0 Å². The van der Waals surface area contributed by atoms with Crippen LogP contribution in [-0.2, 0) is 0 Å². The van der Waals surface area contributed by atoms with E-state index >= 15 is 0 Å². The van der Waals surface area contributed by atoms with Crippen molar-refractivity contribution >= 4 is 28.7 Å². The lowest BCUT2D eigenvalue weighted by Crippen LogP contribution is -2.25. The van der Waals surface area contributed by atoms with E-state index in [9.17, 15) is 4.39 Å². The van der Waals surface area contributed by atoms with Crippen molar-refractivity contribution in [3.8, 4) is 0 Å². The quantitative estimate of drug-likeness (QED) is 0.336. The van der Waals surface area contributed by atoms with Crippen molar-refractivity contribution < 1.29 is 4.39 Å². The second-order valence-corrected chi connectivity index (χ2v) is 10.7. The van der Waals surface area contributed by atoms with E-state index < -0.39 is 7.05 Å². The Morgan fingerprint density at radius 3 is 1.17 bits per heavy atom. The lowest BCUT2D eigenvalue weighted by molar-refractivity contribution is 0.628. The molecule has 0 atom stereocenters. The fraction of sp³-hybridized carbons (Fsp3) is 0.111. The molecule has 0 aliphatic carbocycles. The Hall–Kier alpha value is -2.96. The first-order valence-corrected chi connectivity index (χ1v) is 11.8. The molecule has 0 N–H and O–H groups in total. The van der Waals surface area contributed by atoms with Crippen LogP contribution < -0.4 is 15.9 Å². The van der Waals surface area contributed by atoms with E-state index in [1.54, 1.807) is 12.1 Å². The van der Waals surface area contributed by atoms with E-state index in [1.165, 1.54) is 44.7 Å². The van der Waals surface area contributed by atoms with E-state index in [2.05, 4.69) is 93.6 Å². The number of halogens is 1. The monoisotopic (exact) mass is 413 g/mol. The fourth-order valence-electron chi connectivity index (χ4n) is 3.58. The Morgan fingerprint density at radius 1 is 0.500 bits per heavy atom. The van der Waals surface area contributed by atoms with Gasteiger partial charge in [-0.2, -0.15) is 0 Å². The zero-order valence-corrected chi connectivity index (χ0v) is 18.4. The van der Waals surface area contributed by atoms with Crippen molar-refractivity contribution in [2.24, 2.45) is 4.74 Å². The highest BCUT2D eigenvalue weighted by molar-refractivity contribution is 7.87. The number of benzene rings is 4. The Bertz CT molecular complexity index is 1070. The van der Waals surface area contributed by atoms with Gasteiger partial charge in [0.15, 0.2) is 0 Å². The molecule has 0 spiro atoms. The Morgan fingerprint density at radius 2 is 0.833 bits per heavy atom. The molecular weight excluding hydrogens is 388 g/mol. The van der Waals surface area contributed by atoms with Gasteiger partial charge in [-0.25, -0.2) is 4.39 Å². The first-order valence-electron chi connectivity index (χ1n) is 10.1. The molecule has 0 aliphatic rings. The van der Waals surface area contributed by atoms with Gasteiger partial charge in [0.2, 0.25) is 0 Å². The minimum absolute atomic E-state index is 0.251. The topological polar surface area (TPSA) is 12.4 Å². The van der Waals surface area contributed by atoms with Gasteiger partial charge in [0.05, 0.1) is 12.7 Å². The molecule has 0 radical (unpaired) electrons. The molecule has 1 nitrogen and oxygen atoms in total. The summed E-state index contributed by atoms with van der Waals surface area (Å²) in [4.78, 5) is 0. The smallest absolute Gasteiger partial charge is 0.123 e. The summed E-state index contributed by atoms with van der Waals surface area (Å²) in [5.74, 6) is -0.251. The molecule has 0 unspecified atom stereocenters. The number of nitrogens with zero attached hydrogens (tertiary/aromatic N) is 1. The van der Waals surface area contributed by atoms with Gasteiger partial charge >= 0.3 is 0 Å². The average Bonchev–Trinajstić information content (AvgIpc) is 2.75. The summed E-state index contributed by atoms with van der Waals surface area (Å²) in [5.41, 5.74) is 4.43. The summed E-state index contributed by atoms with van der Waals surface area (Å²) >= 11 is 0. The molecule has 0 aromatic heterocycles. The number of hydrogen-bond donors (Lipinski definition) is 0. The van der Waals surface area contributed by atoms with Gasteiger partial charge in [0, 0.05) is 15.9 Å². The van der Waals surface area contributed by atoms with E-state index in [4.69, 9.17) is 4.74 Å². The zero-order chi connectivity index (χ0) is 21.1. The zero-order valence-electron chi connectivity index (χ0n) is 17.5. The molecule has 0 bridgehead atoms. The summed E-state index contributed by atoms with van der Waals surface area (Å²) in [7, 11) is -2.35. The van der Waals surface area contributed by atoms with Crippen LogP contribution in [0.5, 0.6) is 0 Å². The molecule has 4 aromatic carbocycles. The van der Waals surface area contributed by atoms with Crippen LogP contribution in [0, 0.1) is 26.6 Å². The van der Waals surface area contributed by atoms with Crippen LogP contribution in [-0.4, -0.2) is 0 Å². The molecule has 3 heteroatoms. The van der Waals surface area contributed by atoms with Crippen LogP contribution in [0.25, 0.3) is 0 Å². The van der Waals surface area contributed by atoms with Crippen LogP contribution in [0.1, 0.15) is 16.7 Å². The molecular formula is C27H25FNP. The van der Waals surface area contributed by atoms with Crippen molar-refractivity contribution in [1.29, 1.82) is 0 Å². The van der Waals surface area contributed by atoms with Crippen molar-refractivity contribution in [3.63, 3.8) is 0 Å². The Kier molecular flexibility index (Phi) is 5.70. The van der Waals surface area contributed by atoms with Gasteiger partial charge in [-0.15, -0.1) is 0 Å². The molecule has 0 fully saturated rings. The molecule has 0 saturated heterocycles. The maximum Gasteiger partial charge on any atom is 0.123 e. The predicted molar refractivity (Wildman–Crippen MR) is 128 cm³/mol. The van der Waals surface area contributed by atoms with E-state index in [0.717, 1.165) is 5.69 Å². The highest BCUT2D eigenvalue weighted by Crippen LogP contribution is 2.49. The van der Waals surface area contributed by atoms with Gasteiger partial charge in [-0.1, -0.05) is 89.5 Å². The third-order valence-corrected chi connectivity index (χ3v) is 8.98. The molecule has 30 heavy (non-hydrogen) atoms. The van der Waals surface area contributed by atoms with Crippen LogP contribution in [0.4, 0.5) is 10.1 Å². The summed E-state index contributed by atoms with van der Waals surface area (Å²) in [6.07, 6.45) is 0. The summed E-state index contributed by atoms with van der Waals surface area (Å²) < 4.78 is 19.0. The van der Waals surface area contributed by atoms with Crippen molar-refractivity contribution in [2.45, 2.75) is 20.8 Å². The molecule has 0 aliphatic heterocycles. The largest absolute Gasteiger partial charge is 0.254 e. The van der Waals surface area contributed by atoms with Crippen molar-refractivity contribution in [3.05, 3.63) is 120 Å². The van der Waals surface area contributed by atoms with Gasteiger partial charge in [-0.05, 0) is 45.0 Å². The van der Waals surface area contributed by atoms with Crippen LogP contribution in [0.2, 0.25) is 0 Å². The summed E-state index contributed by atoms with van der Waals surface area (Å²) in [6.45, 7) is 6.29. The van der Waals surface area contributed by atoms with Crippen molar-refractivity contribution in [1.82, 2.24) is 0 Å². The number of rotatable bonds is 4. The molecule has 0 amide bonds. The van der Waals surface area contributed by atoms with E-state index in [-0.39, 0.29) is 5.82 Å². The third kappa shape index (κ3) is 4.01. The number of aryl methyl sites for hydroxylation is 3. The average molecular weight is 413 g/mol. The lowest BCUT2D eigenvalue weighted by Gasteiger charge is -2.27. The SMILES string of the molecule is Cc1ccc(P(=Nc2ccc(F)cc2)(c2ccc(C)cc2)c2ccc(C)cc2)cc1. The normalized spacial score (nSPS) is 11.3. The van der Waals surface area contributed by atoms with Gasteiger partial charge in [0.25, 0.3) is 0 Å². The van der Waals surface area contributed by atoms with Gasteiger partial charge in [-0.3, -0.25) is 4.74 Å². The molecule has 4 rings (SSSR count). The fourth-order valence-corrected chi connectivity index (χ4v) is 7.05. The summed E-state index contributed by atoms with van der Waals surface area (Å²) in [6, 6.07) is 32.5. The van der Waals surface area contributed by atoms with Crippen molar-refractivity contribution in [2.75, 3.05) is 0 Å². The van der Waals surface area contributed by atoms with E-state index in [0.29, 0.717) is 0 Å². The first kappa shape index (κ1) is 20.3. The second kappa shape index (κ2) is 8.42. The molecule has 0 saturated carbocycles. The predicted octanol–water partition coefficient (Wildman–Crippen LogP) is 6.56. The highest BCUT2D eigenvalue weighted by atomic mass is 31.2. The van der Waals surface area contributed by atoms with Gasteiger partial charge in [0.1, 0.15) is 5.82 Å². The highest BCUT2D eigenvalue weighted by Gasteiger charge is 2.27. The first-order chi connectivity index (χ1) is 14.5. The number of hydrogen-bond acceptors (Lipinski definition) is 1. The Balaban J connectivity index is 2.11.